The van der Waals surface area contributed by atoms with Crippen molar-refractivity contribution in [2.24, 2.45) is 0 Å². The fourth-order valence-electron chi connectivity index (χ4n) is 5.10. The molecule has 43 heavy (non-hydrogen) atoms. The largest absolute Gasteiger partial charge is 0.505 e. The fourth-order valence-corrected chi connectivity index (χ4v) is 5.10. The van der Waals surface area contributed by atoms with Crippen LogP contribution in [-0.4, -0.2) is 19.8 Å². The molecule has 0 amide bonds. The predicted octanol–water partition coefficient (Wildman–Crippen LogP) is 9.54. The van der Waals surface area contributed by atoms with Gasteiger partial charge in [0.2, 0.25) is 5.82 Å². The number of hydrogen-bond acceptors (Lipinski definition) is 4. The molecule has 0 unspecified atom stereocenters. The molecule has 2 aromatic heterocycles. The van der Waals surface area contributed by atoms with Gasteiger partial charge in [0.1, 0.15) is 0 Å². The smallest absolute Gasteiger partial charge is 0.416 e. The number of rotatable bonds is 3. The van der Waals surface area contributed by atoms with Crippen LogP contribution < -0.4 is 0 Å². The molecule has 6 rings (SSSR count). The maximum atomic E-state index is 13.5. The third kappa shape index (κ3) is 4.98. The lowest BCUT2D eigenvalue weighted by Crippen LogP contribution is -2.12. The van der Waals surface area contributed by atoms with Gasteiger partial charge in [0, 0.05) is 16.3 Å². The van der Waals surface area contributed by atoms with Gasteiger partial charge in [-0.3, -0.25) is 0 Å². The highest BCUT2D eigenvalue weighted by Crippen LogP contribution is 2.43. The van der Waals surface area contributed by atoms with Gasteiger partial charge in [0.15, 0.2) is 5.75 Å². The van der Waals surface area contributed by atoms with E-state index in [0.29, 0.717) is 17.8 Å². The Labute approximate surface area is 241 Å². The van der Waals surface area contributed by atoms with E-state index in [9.17, 15) is 31.4 Å². The van der Waals surface area contributed by atoms with Crippen molar-refractivity contribution in [3.8, 4) is 34.3 Å². The first-order valence-corrected chi connectivity index (χ1v) is 13.1. The zero-order chi connectivity index (χ0) is 30.9. The fraction of sp³-hybridized carbons (Fsp3) is 0.188. The van der Waals surface area contributed by atoms with Gasteiger partial charge in [-0.1, -0.05) is 62.3 Å². The van der Waals surface area contributed by atoms with Gasteiger partial charge in [-0.25, -0.2) is 0 Å². The number of aromatic nitrogens is 3. The summed E-state index contributed by atoms with van der Waals surface area (Å²) in [5.74, 6) is -1.01. The molecule has 5 nitrogen and oxygen atoms in total. The number of alkyl halides is 6. The van der Waals surface area contributed by atoms with Gasteiger partial charge in [0.25, 0.3) is 5.89 Å². The molecule has 220 valence electrons. The molecule has 0 radical (unpaired) electrons. The van der Waals surface area contributed by atoms with Crippen molar-refractivity contribution >= 4 is 21.8 Å². The minimum absolute atomic E-state index is 0.0252. The molecule has 4 aromatic carbocycles. The lowest BCUT2D eigenvalue weighted by Gasteiger charge is -2.22. The molecule has 0 bridgehead atoms. The number of phenolic OH excluding ortho intramolecular Hbond substituents is 1. The van der Waals surface area contributed by atoms with E-state index in [1.165, 1.54) is 0 Å². The Balaban J connectivity index is 1.58. The Morgan fingerprint density at radius 3 is 1.74 bits per heavy atom. The first-order valence-electron chi connectivity index (χ1n) is 13.1. The van der Waals surface area contributed by atoms with Crippen LogP contribution in [-0.2, 0) is 17.8 Å². The van der Waals surface area contributed by atoms with E-state index in [1.54, 1.807) is 6.07 Å². The van der Waals surface area contributed by atoms with Crippen LogP contribution in [0.25, 0.3) is 50.3 Å². The molecule has 1 N–H and O–H groups in total. The minimum atomic E-state index is -5.05. The maximum Gasteiger partial charge on any atom is 0.416 e. The second kappa shape index (κ2) is 9.62. The molecule has 0 spiro atoms. The van der Waals surface area contributed by atoms with Gasteiger partial charge in [-0.05, 0) is 53.4 Å². The van der Waals surface area contributed by atoms with E-state index in [2.05, 4.69) is 10.1 Å². The SMILES string of the molecule is CC(C)(C)c1cc(-c2noc(-c3cc(C(F)(F)F)cc(C(F)(F)F)c3)n2)c(O)c(-n2c3ccccc3c3ccccc32)c1. The Hall–Kier alpha value is -4.80. The second-order valence-corrected chi connectivity index (χ2v) is 11.2. The Morgan fingerprint density at radius 1 is 0.698 bits per heavy atom. The summed E-state index contributed by atoms with van der Waals surface area (Å²) in [5.41, 5.74) is -1.14. The Kier molecular flexibility index (Phi) is 6.33. The average molecular weight is 596 g/mol. The third-order valence-electron chi connectivity index (χ3n) is 7.28. The summed E-state index contributed by atoms with van der Waals surface area (Å²) < 4.78 is 87.8. The third-order valence-corrected chi connectivity index (χ3v) is 7.28. The highest BCUT2D eigenvalue weighted by atomic mass is 19.4. The van der Waals surface area contributed by atoms with Crippen molar-refractivity contribution < 1.29 is 36.0 Å². The van der Waals surface area contributed by atoms with Crippen LogP contribution in [0.1, 0.15) is 37.5 Å². The number of aromatic hydroxyl groups is 1. The molecule has 0 atom stereocenters. The molecule has 0 saturated carbocycles. The van der Waals surface area contributed by atoms with Crippen molar-refractivity contribution in [3.05, 3.63) is 95.6 Å². The van der Waals surface area contributed by atoms with Crippen molar-refractivity contribution in [1.29, 1.82) is 0 Å². The molecule has 0 aliphatic carbocycles. The summed E-state index contributed by atoms with van der Waals surface area (Å²) in [6.45, 7) is 5.88. The number of para-hydroxylation sites is 2. The average Bonchev–Trinajstić information content (AvgIpc) is 3.55. The Bertz CT molecular complexity index is 1930. The van der Waals surface area contributed by atoms with Crippen molar-refractivity contribution in [2.75, 3.05) is 0 Å². The Morgan fingerprint density at radius 2 is 1.23 bits per heavy atom. The highest BCUT2D eigenvalue weighted by molar-refractivity contribution is 6.09. The molecular formula is C32H23F6N3O2. The molecule has 11 heteroatoms. The second-order valence-electron chi connectivity index (χ2n) is 11.2. The monoisotopic (exact) mass is 595 g/mol. The van der Waals surface area contributed by atoms with Crippen LogP contribution in [0.2, 0.25) is 0 Å². The summed E-state index contributed by atoms with van der Waals surface area (Å²) in [4.78, 5) is 4.15. The van der Waals surface area contributed by atoms with Crippen LogP contribution in [0, 0.1) is 0 Å². The number of fused-ring (bicyclic) bond motifs is 3. The summed E-state index contributed by atoms with van der Waals surface area (Å²) in [7, 11) is 0. The van der Waals surface area contributed by atoms with E-state index in [0.717, 1.165) is 27.4 Å². The molecule has 0 saturated heterocycles. The van der Waals surface area contributed by atoms with Gasteiger partial charge in [0.05, 0.1) is 33.4 Å². The van der Waals surface area contributed by atoms with Crippen molar-refractivity contribution in [2.45, 2.75) is 38.5 Å². The topological polar surface area (TPSA) is 64.1 Å². The van der Waals surface area contributed by atoms with Gasteiger partial charge in [-0.2, -0.15) is 31.3 Å². The lowest BCUT2D eigenvalue weighted by atomic mass is 9.85. The molecule has 0 aliphatic heterocycles. The normalized spacial score (nSPS) is 12.9. The van der Waals surface area contributed by atoms with Crippen LogP contribution in [0.3, 0.4) is 0 Å². The van der Waals surface area contributed by atoms with E-state index >= 15 is 0 Å². The van der Waals surface area contributed by atoms with Crippen LogP contribution in [0.5, 0.6) is 5.75 Å². The number of nitrogens with zero attached hydrogens (tertiary/aromatic N) is 3. The zero-order valence-electron chi connectivity index (χ0n) is 23.0. The van der Waals surface area contributed by atoms with E-state index in [-0.39, 0.29) is 23.2 Å². The number of halogens is 6. The zero-order valence-corrected chi connectivity index (χ0v) is 23.0. The van der Waals surface area contributed by atoms with E-state index in [4.69, 9.17) is 4.52 Å². The van der Waals surface area contributed by atoms with Gasteiger partial charge in [-0.15, -0.1) is 0 Å². The summed E-state index contributed by atoms with van der Waals surface area (Å²) in [6.07, 6.45) is -10.1. The quantitative estimate of drug-likeness (QED) is 0.207. The number of phenols is 1. The number of hydrogen-bond donors (Lipinski definition) is 1. The van der Waals surface area contributed by atoms with Crippen LogP contribution in [0.15, 0.2) is 83.4 Å². The minimum Gasteiger partial charge on any atom is -0.505 e. The molecule has 6 aromatic rings. The van der Waals surface area contributed by atoms with E-state index in [1.807, 2.05) is 79.9 Å². The van der Waals surface area contributed by atoms with Gasteiger partial charge >= 0.3 is 12.4 Å². The maximum absolute atomic E-state index is 13.5. The van der Waals surface area contributed by atoms with Crippen molar-refractivity contribution in [1.82, 2.24) is 14.7 Å². The summed E-state index contributed by atoms with van der Waals surface area (Å²) in [6, 6.07) is 19.9. The number of benzene rings is 4. The summed E-state index contributed by atoms with van der Waals surface area (Å²) in [5, 5.41) is 17.4. The molecular weight excluding hydrogens is 572 g/mol. The first-order chi connectivity index (χ1) is 20.1. The standard InChI is InChI=1S/C32H23F6N3O2/c1-30(2,3)18-15-23(27(42)26(16-18)41-24-10-6-4-8-21(24)22-9-5-7-11-25(22)41)28-39-29(43-40-28)17-12-19(31(33,34)35)14-20(13-17)32(36,37)38/h4-16,42H,1-3H3. The molecule has 2 heterocycles. The molecule has 0 fully saturated rings. The summed E-state index contributed by atoms with van der Waals surface area (Å²) >= 11 is 0. The van der Waals surface area contributed by atoms with Crippen LogP contribution in [0.4, 0.5) is 26.3 Å². The highest BCUT2D eigenvalue weighted by Gasteiger charge is 2.37. The first kappa shape index (κ1) is 28.3. The molecule has 0 aliphatic rings. The predicted molar refractivity (Wildman–Crippen MR) is 150 cm³/mol. The van der Waals surface area contributed by atoms with Gasteiger partial charge < -0.3 is 14.2 Å². The van der Waals surface area contributed by atoms with Crippen LogP contribution >= 0.6 is 0 Å². The van der Waals surface area contributed by atoms with E-state index < -0.39 is 40.3 Å². The lowest BCUT2D eigenvalue weighted by molar-refractivity contribution is -0.143. The van der Waals surface area contributed by atoms with Crippen molar-refractivity contribution in [3.63, 3.8) is 0 Å².